The van der Waals surface area contributed by atoms with Crippen LogP contribution in [0, 0.1) is 23.7 Å². The molecule has 0 aromatic rings. The zero-order chi connectivity index (χ0) is 8.01. The van der Waals surface area contributed by atoms with Gasteiger partial charge >= 0.3 is 0 Å². The van der Waals surface area contributed by atoms with Crippen LogP contribution in [0.5, 0.6) is 0 Å². The lowest BCUT2D eigenvalue weighted by Gasteiger charge is -2.31. The van der Waals surface area contributed by atoms with Crippen molar-refractivity contribution in [3.8, 4) is 0 Å². The van der Waals surface area contributed by atoms with E-state index in [2.05, 4.69) is 13.8 Å². The van der Waals surface area contributed by atoms with Crippen LogP contribution in [0.2, 0.25) is 0 Å². The maximum absolute atomic E-state index is 6.17. The molecule has 4 atom stereocenters. The van der Waals surface area contributed by atoms with Gasteiger partial charge in [0.25, 0.3) is 0 Å². The molecule has 2 rings (SSSR count). The average molecular weight is 153 g/mol. The fourth-order valence-corrected chi connectivity index (χ4v) is 3.37. The van der Waals surface area contributed by atoms with E-state index in [0.717, 1.165) is 23.7 Å². The molecule has 2 N–H and O–H groups in total. The lowest BCUT2D eigenvalue weighted by molar-refractivity contribution is 0.222. The maximum atomic E-state index is 6.17. The van der Waals surface area contributed by atoms with Gasteiger partial charge in [0, 0.05) is 6.04 Å². The fourth-order valence-electron chi connectivity index (χ4n) is 3.37. The lowest BCUT2D eigenvalue weighted by Crippen LogP contribution is -2.38. The number of rotatable bonds is 1. The molecule has 0 aliphatic heterocycles. The van der Waals surface area contributed by atoms with E-state index in [9.17, 15) is 0 Å². The van der Waals surface area contributed by atoms with Gasteiger partial charge in [-0.1, -0.05) is 13.8 Å². The Bertz CT molecular complexity index is 151. The Morgan fingerprint density at radius 2 is 1.82 bits per heavy atom. The Kier molecular flexibility index (Phi) is 1.71. The average Bonchev–Trinajstić information content (AvgIpc) is 2.44. The van der Waals surface area contributed by atoms with E-state index in [1.165, 1.54) is 19.3 Å². The SMILES string of the molecule is CC(C)[C@@H]1[C@H]2CC[C@@H](C2)[C@H]1N. The Balaban J connectivity index is 2.11. The molecule has 2 saturated carbocycles. The van der Waals surface area contributed by atoms with Crippen molar-refractivity contribution >= 4 is 0 Å². The van der Waals surface area contributed by atoms with Crippen LogP contribution in [0.1, 0.15) is 33.1 Å². The molecule has 0 unspecified atom stereocenters. The Labute approximate surface area is 69.4 Å². The van der Waals surface area contributed by atoms with Crippen LogP contribution < -0.4 is 5.73 Å². The second kappa shape index (κ2) is 2.48. The van der Waals surface area contributed by atoms with Gasteiger partial charge in [0.05, 0.1) is 0 Å². The van der Waals surface area contributed by atoms with Gasteiger partial charge in [-0.15, -0.1) is 0 Å². The van der Waals surface area contributed by atoms with E-state index in [4.69, 9.17) is 5.73 Å². The summed E-state index contributed by atoms with van der Waals surface area (Å²) in [7, 11) is 0. The van der Waals surface area contributed by atoms with Gasteiger partial charge in [-0.2, -0.15) is 0 Å². The third-order valence-electron chi connectivity index (χ3n) is 3.82. The number of hydrogen-bond acceptors (Lipinski definition) is 1. The molecule has 1 nitrogen and oxygen atoms in total. The van der Waals surface area contributed by atoms with Crippen molar-refractivity contribution in [3.63, 3.8) is 0 Å². The van der Waals surface area contributed by atoms with Gasteiger partial charge < -0.3 is 5.73 Å². The first kappa shape index (κ1) is 7.60. The summed E-state index contributed by atoms with van der Waals surface area (Å²) < 4.78 is 0. The summed E-state index contributed by atoms with van der Waals surface area (Å²) in [6.45, 7) is 4.65. The van der Waals surface area contributed by atoms with E-state index < -0.39 is 0 Å². The van der Waals surface area contributed by atoms with Crippen LogP contribution in [0.3, 0.4) is 0 Å². The topological polar surface area (TPSA) is 26.0 Å². The van der Waals surface area contributed by atoms with Gasteiger partial charge in [0.2, 0.25) is 0 Å². The molecule has 0 aromatic carbocycles. The molecule has 0 amide bonds. The first-order valence-corrected chi connectivity index (χ1v) is 4.95. The normalized spacial score (nSPS) is 49.1. The predicted molar refractivity (Wildman–Crippen MR) is 47.1 cm³/mol. The van der Waals surface area contributed by atoms with Crippen LogP contribution in [-0.2, 0) is 0 Å². The highest BCUT2D eigenvalue weighted by molar-refractivity contribution is 4.99. The number of nitrogens with two attached hydrogens (primary N) is 1. The summed E-state index contributed by atoms with van der Waals surface area (Å²) in [4.78, 5) is 0. The molecule has 11 heavy (non-hydrogen) atoms. The highest BCUT2D eigenvalue weighted by Crippen LogP contribution is 2.50. The first-order chi connectivity index (χ1) is 5.20. The summed E-state index contributed by atoms with van der Waals surface area (Å²) >= 11 is 0. The largest absolute Gasteiger partial charge is 0.327 e. The number of hydrogen-bond donors (Lipinski definition) is 1. The van der Waals surface area contributed by atoms with Gasteiger partial charge in [-0.05, 0) is 42.9 Å². The minimum absolute atomic E-state index is 0.536. The molecule has 2 aliphatic carbocycles. The molecular weight excluding hydrogens is 134 g/mol. The van der Waals surface area contributed by atoms with Crippen molar-refractivity contribution in [1.29, 1.82) is 0 Å². The standard InChI is InChI=1S/C10H19N/c1-6(2)9-7-3-4-8(5-7)10(9)11/h6-10H,3-5,11H2,1-2H3/t7-,8-,9+,10+/m0/s1. The Morgan fingerprint density at radius 1 is 1.18 bits per heavy atom. The monoisotopic (exact) mass is 153 g/mol. The molecule has 0 aromatic heterocycles. The van der Waals surface area contributed by atoms with Crippen LogP contribution in [0.25, 0.3) is 0 Å². The van der Waals surface area contributed by atoms with Crippen molar-refractivity contribution in [2.24, 2.45) is 29.4 Å². The highest BCUT2D eigenvalue weighted by atomic mass is 14.7. The zero-order valence-electron chi connectivity index (χ0n) is 7.59. The van der Waals surface area contributed by atoms with Crippen LogP contribution in [-0.4, -0.2) is 6.04 Å². The van der Waals surface area contributed by atoms with Crippen molar-refractivity contribution in [2.45, 2.75) is 39.2 Å². The second-order valence-corrected chi connectivity index (χ2v) is 4.73. The summed E-state index contributed by atoms with van der Waals surface area (Å²) in [6.07, 6.45) is 4.31. The summed E-state index contributed by atoms with van der Waals surface area (Å²) in [5.74, 6) is 3.51. The van der Waals surface area contributed by atoms with Crippen molar-refractivity contribution in [3.05, 3.63) is 0 Å². The molecule has 0 spiro atoms. The van der Waals surface area contributed by atoms with E-state index >= 15 is 0 Å². The Hall–Kier alpha value is -0.0400. The van der Waals surface area contributed by atoms with Crippen molar-refractivity contribution in [2.75, 3.05) is 0 Å². The molecule has 2 aliphatic rings. The van der Waals surface area contributed by atoms with Crippen molar-refractivity contribution < 1.29 is 0 Å². The third kappa shape index (κ3) is 1.01. The van der Waals surface area contributed by atoms with E-state index in [-0.39, 0.29) is 0 Å². The van der Waals surface area contributed by atoms with Gasteiger partial charge in [-0.25, -0.2) is 0 Å². The van der Waals surface area contributed by atoms with E-state index in [1.54, 1.807) is 0 Å². The third-order valence-corrected chi connectivity index (χ3v) is 3.82. The molecule has 1 heteroatoms. The van der Waals surface area contributed by atoms with Gasteiger partial charge in [-0.3, -0.25) is 0 Å². The molecule has 64 valence electrons. The first-order valence-electron chi connectivity index (χ1n) is 4.95. The Morgan fingerprint density at radius 3 is 2.18 bits per heavy atom. The summed E-state index contributed by atoms with van der Waals surface area (Å²) in [5, 5.41) is 0. The van der Waals surface area contributed by atoms with Crippen LogP contribution in [0.15, 0.2) is 0 Å². The molecule has 2 bridgehead atoms. The van der Waals surface area contributed by atoms with Gasteiger partial charge in [0.15, 0.2) is 0 Å². The van der Waals surface area contributed by atoms with Crippen LogP contribution in [0.4, 0.5) is 0 Å². The summed E-state index contributed by atoms with van der Waals surface area (Å²) in [5.41, 5.74) is 6.17. The molecule has 0 saturated heterocycles. The minimum Gasteiger partial charge on any atom is -0.327 e. The minimum atomic E-state index is 0.536. The number of fused-ring (bicyclic) bond motifs is 2. The second-order valence-electron chi connectivity index (χ2n) is 4.73. The molecule has 0 heterocycles. The highest BCUT2D eigenvalue weighted by Gasteiger charge is 2.46. The van der Waals surface area contributed by atoms with E-state index in [0.29, 0.717) is 6.04 Å². The van der Waals surface area contributed by atoms with Crippen molar-refractivity contribution in [1.82, 2.24) is 0 Å². The smallest absolute Gasteiger partial charge is 0.0101 e. The van der Waals surface area contributed by atoms with Crippen LogP contribution >= 0.6 is 0 Å². The molecule has 0 radical (unpaired) electrons. The van der Waals surface area contributed by atoms with E-state index in [1.807, 2.05) is 0 Å². The quantitative estimate of drug-likeness (QED) is 0.612. The predicted octanol–water partition coefficient (Wildman–Crippen LogP) is 2.02. The fraction of sp³-hybridized carbons (Fsp3) is 1.00. The zero-order valence-corrected chi connectivity index (χ0v) is 7.59. The summed E-state index contributed by atoms with van der Waals surface area (Å²) in [6, 6.07) is 0.536. The molecular formula is C10H19N. The maximum Gasteiger partial charge on any atom is 0.0101 e. The lowest BCUT2D eigenvalue weighted by atomic mass is 9.78. The van der Waals surface area contributed by atoms with Gasteiger partial charge in [0.1, 0.15) is 0 Å². The molecule has 2 fully saturated rings.